The van der Waals surface area contributed by atoms with Crippen LogP contribution in [0.3, 0.4) is 0 Å². The van der Waals surface area contributed by atoms with Gasteiger partial charge in [-0.05, 0) is 18.2 Å². The molecule has 4 nitrogen and oxygen atoms in total. The number of hydrogen-bond acceptors (Lipinski definition) is 3. The zero-order valence-electron chi connectivity index (χ0n) is 10.1. The molecule has 1 amide bonds. The van der Waals surface area contributed by atoms with Gasteiger partial charge in [0.15, 0.2) is 0 Å². The fraction of sp³-hybridized carbons (Fsp3) is 0.154. The molecule has 0 aliphatic heterocycles. The maximum atomic E-state index is 12.0. The molecule has 2 aromatic rings. The van der Waals surface area contributed by atoms with Gasteiger partial charge < -0.3 is 14.5 Å². The monoisotopic (exact) mass is 299 g/mol. The number of halogens is 2. The van der Waals surface area contributed by atoms with Crippen LogP contribution in [0.15, 0.2) is 34.9 Å². The van der Waals surface area contributed by atoms with Crippen LogP contribution < -0.4 is 10.1 Å². The second-order valence-electron chi connectivity index (χ2n) is 3.73. The first kappa shape index (κ1) is 13.8. The highest BCUT2D eigenvalue weighted by molar-refractivity contribution is 6.36. The van der Waals surface area contributed by atoms with E-state index in [-0.39, 0.29) is 17.5 Å². The number of ether oxygens (including phenoxy) is 1. The molecule has 0 radical (unpaired) electrons. The Labute approximate surface area is 120 Å². The molecule has 0 bridgehead atoms. The van der Waals surface area contributed by atoms with Crippen LogP contribution in [0.5, 0.6) is 5.75 Å². The quantitative estimate of drug-likeness (QED) is 0.939. The fourth-order valence-corrected chi connectivity index (χ4v) is 2.02. The van der Waals surface area contributed by atoms with E-state index in [1.165, 1.54) is 19.2 Å². The number of amides is 1. The fourth-order valence-electron chi connectivity index (χ4n) is 1.53. The molecular weight excluding hydrogens is 289 g/mol. The summed E-state index contributed by atoms with van der Waals surface area (Å²) in [5, 5.41) is 3.30. The molecule has 0 fully saturated rings. The second-order valence-corrected chi connectivity index (χ2v) is 4.54. The third kappa shape index (κ3) is 3.22. The zero-order chi connectivity index (χ0) is 13.8. The average Bonchev–Trinajstić information content (AvgIpc) is 2.91. The van der Waals surface area contributed by atoms with Gasteiger partial charge in [0.1, 0.15) is 11.5 Å². The van der Waals surface area contributed by atoms with Crippen LogP contribution in [0.4, 0.5) is 0 Å². The van der Waals surface area contributed by atoms with Crippen molar-refractivity contribution in [3.63, 3.8) is 0 Å². The van der Waals surface area contributed by atoms with Gasteiger partial charge in [0.25, 0.3) is 5.91 Å². The highest BCUT2D eigenvalue weighted by Gasteiger charge is 2.14. The SMILES string of the molecule is COc1cc(Cl)c(C(=O)NCc2ccco2)cc1Cl. The van der Waals surface area contributed by atoms with Crippen molar-refractivity contribution in [3.8, 4) is 5.75 Å². The van der Waals surface area contributed by atoms with E-state index in [0.29, 0.717) is 22.1 Å². The van der Waals surface area contributed by atoms with Crippen molar-refractivity contribution in [2.45, 2.75) is 6.54 Å². The standard InChI is InChI=1S/C13H11Cl2NO3/c1-18-12-6-10(14)9(5-11(12)15)13(17)16-7-8-3-2-4-19-8/h2-6H,7H2,1H3,(H,16,17). The largest absolute Gasteiger partial charge is 0.495 e. The highest BCUT2D eigenvalue weighted by Crippen LogP contribution is 2.30. The number of carbonyl (C=O) groups is 1. The van der Waals surface area contributed by atoms with Gasteiger partial charge in [-0.15, -0.1) is 0 Å². The molecule has 0 atom stereocenters. The summed E-state index contributed by atoms with van der Waals surface area (Å²) in [6.45, 7) is 0.284. The molecular formula is C13H11Cl2NO3. The third-order valence-corrected chi connectivity index (χ3v) is 3.10. The van der Waals surface area contributed by atoms with Gasteiger partial charge in [-0.25, -0.2) is 0 Å². The number of rotatable bonds is 4. The van der Waals surface area contributed by atoms with E-state index in [2.05, 4.69) is 5.32 Å². The number of nitrogens with one attached hydrogen (secondary N) is 1. The van der Waals surface area contributed by atoms with Crippen molar-refractivity contribution in [2.24, 2.45) is 0 Å². The molecule has 1 N–H and O–H groups in total. The van der Waals surface area contributed by atoms with Crippen molar-refractivity contribution in [1.29, 1.82) is 0 Å². The molecule has 0 saturated carbocycles. The molecule has 100 valence electrons. The van der Waals surface area contributed by atoms with Crippen LogP contribution in [0.1, 0.15) is 16.1 Å². The Morgan fingerprint density at radius 2 is 2.16 bits per heavy atom. The normalized spacial score (nSPS) is 10.3. The lowest BCUT2D eigenvalue weighted by molar-refractivity contribution is 0.0948. The summed E-state index contributed by atoms with van der Waals surface area (Å²) in [5.74, 6) is 0.754. The lowest BCUT2D eigenvalue weighted by Crippen LogP contribution is -2.22. The van der Waals surface area contributed by atoms with Crippen LogP contribution in [0.25, 0.3) is 0 Å². The molecule has 0 spiro atoms. The minimum Gasteiger partial charge on any atom is -0.495 e. The molecule has 0 aliphatic carbocycles. The lowest BCUT2D eigenvalue weighted by Gasteiger charge is -2.09. The molecule has 19 heavy (non-hydrogen) atoms. The Hall–Kier alpha value is -1.65. The van der Waals surface area contributed by atoms with Gasteiger partial charge in [0, 0.05) is 6.07 Å². The van der Waals surface area contributed by atoms with Gasteiger partial charge in [0.05, 0.1) is 35.5 Å². The maximum absolute atomic E-state index is 12.0. The first-order valence-corrected chi connectivity index (χ1v) is 6.21. The first-order valence-electron chi connectivity index (χ1n) is 5.45. The lowest BCUT2D eigenvalue weighted by atomic mass is 10.2. The summed E-state index contributed by atoms with van der Waals surface area (Å²) < 4.78 is 10.1. The Kier molecular flexibility index (Phi) is 4.35. The topological polar surface area (TPSA) is 51.5 Å². The average molecular weight is 300 g/mol. The minimum absolute atomic E-state index is 0.276. The van der Waals surface area contributed by atoms with Gasteiger partial charge in [-0.2, -0.15) is 0 Å². The predicted molar refractivity (Wildman–Crippen MR) is 72.9 cm³/mol. The first-order chi connectivity index (χ1) is 9.11. The Morgan fingerprint density at radius 3 is 2.79 bits per heavy atom. The maximum Gasteiger partial charge on any atom is 0.253 e. The third-order valence-electron chi connectivity index (χ3n) is 2.49. The molecule has 0 saturated heterocycles. The number of furan rings is 1. The van der Waals surface area contributed by atoms with Gasteiger partial charge >= 0.3 is 0 Å². The molecule has 6 heteroatoms. The van der Waals surface area contributed by atoms with Crippen LogP contribution in [-0.2, 0) is 6.54 Å². The molecule has 1 heterocycles. The number of carbonyl (C=O) groups excluding carboxylic acids is 1. The summed E-state index contributed by atoms with van der Waals surface area (Å²) in [5.41, 5.74) is 0.291. The Morgan fingerprint density at radius 1 is 1.37 bits per heavy atom. The van der Waals surface area contributed by atoms with E-state index in [9.17, 15) is 4.79 Å². The molecule has 1 aromatic heterocycles. The van der Waals surface area contributed by atoms with E-state index >= 15 is 0 Å². The van der Waals surface area contributed by atoms with E-state index in [0.717, 1.165) is 0 Å². The summed E-state index contributed by atoms with van der Waals surface area (Å²) >= 11 is 12.0. The van der Waals surface area contributed by atoms with Gasteiger partial charge in [-0.1, -0.05) is 23.2 Å². The highest BCUT2D eigenvalue weighted by atomic mass is 35.5. The number of methoxy groups -OCH3 is 1. The molecule has 1 aromatic carbocycles. The summed E-state index contributed by atoms with van der Waals surface area (Å²) in [4.78, 5) is 12.0. The van der Waals surface area contributed by atoms with Crippen molar-refractivity contribution < 1.29 is 13.9 Å². The number of hydrogen-bond donors (Lipinski definition) is 1. The zero-order valence-corrected chi connectivity index (χ0v) is 11.6. The van der Waals surface area contributed by atoms with E-state index in [4.69, 9.17) is 32.4 Å². The molecule has 0 aliphatic rings. The molecule has 2 rings (SSSR count). The summed E-state index contributed by atoms with van der Waals surface area (Å²) in [6, 6.07) is 6.49. The Balaban J connectivity index is 2.12. The van der Waals surface area contributed by atoms with Crippen LogP contribution in [0, 0.1) is 0 Å². The minimum atomic E-state index is -0.328. The van der Waals surface area contributed by atoms with E-state index in [1.807, 2.05) is 0 Å². The predicted octanol–water partition coefficient (Wildman–Crippen LogP) is 3.53. The van der Waals surface area contributed by atoms with Gasteiger partial charge in [-0.3, -0.25) is 4.79 Å². The number of benzene rings is 1. The van der Waals surface area contributed by atoms with Crippen LogP contribution in [-0.4, -0.2) is 13.0 Å². The van der Waals surface area contributed by atoms with Crippen LogP contribution >= 0.6 is 23.2 Å². The van der Waals surface area contributed by atoms with E-state index in [1.54, 1.807) is 18.4 Å². The molecule has 0 unspecified atom stereocenters. The second kappa shape index (κ2) is 5.99. The summed E-state index contributed by atoms with van der Waals surface area (Å²) in [7, 11) is 1.48. The smallest absolute Gasteiger partial charge is 0.253 e. The summed E-state index contributed by atoms with van der Waals surface area (Å²) in [6.07, 6.45) is 1.54. The van der Waals surface area contributed by atoms with Gasteiger partial charge in [0.2, 0.25) is 0 Å². The van der Waals surface area contributed by atoms with Crippen molar-refractivity contribution in [3.05, 3.63) is 51.9 Å². The van der Waals surface area contributed by atoms with Crippen molar-refractivity contribution in [2.75, 3.05) is 7.11 Å². The Bertz CT molecular complexity index is 582. The van der Waals surface area contributed by atoms with Crippen molar-refractivity contribution in [1.82, 2.24) is 5.32 Å². The van der Waals surface area contributed by atoms with Crippen LogP contribution in [0.2, 0.25) is 10.0 Å². The van der Waals surface area contributed by atoms with Crippen molar-refractivity contribution >= 4 is 29.1 Å². The van der Waals surface area contributed by atoms with E-state index < -0.39 is 0 Å².